The van der Waals surface area contributed by atoms with Crippen molar-refractivity contribution in [1.29, 1.82) is 0 Å². The van der Waals surface area contributed by atoms with Crippen LogP contribution in [0.1, 0.15) is 5.56 Å². The highest BCUT2D eigenvalue weighted by Crippen LogP contribution is 1.91. The predicted molar refractivity (Wildman–Crippen MR) is 42.0 cm³/mol. The summed E-state index contributed by atoms with van der Waals surface area (Å²) in [6.45, 7) is 3.41. The molecule has 5 nitrogen and oxygen atoms in total. The molecule has 0 aliphatic rings. The van der Waals surface area contributed by atoms with Gasteiger partial charge in [-0.25, -0.2) is 4.79 Å². The third kappa shape index (κ3) is 1.39. The van der Waals surface area contributed by atoms with E-state index < -0.39 is 11.7 Å². The standard InChI is InChI=1S/C7H6N2O3/c1-2-5-3-6(10)9(7(11)12)8-4-5/h2-4H,1H2,(H,11,12). The van der Waals surface area contributed by atoms with Crippen molar-refractivity contribution >= 4 is 12.2 Å². The molecule has 0 unspecified atom stereocenters. The smallest absolute Gasteiger partial charge is 0.435 e. The fourth-order valence-electron chi connectivity index (χ4n) is 0.678. The van der Waals surface area contributed by atoms with E-state index >= 15 is 0 Å². The van der Waals surface area contributed by atoms with Gasteiger partial charge >= 0.3 is 6.09 Å². The van der Waals surface area contributed by atoms with Gasteiger partial charge in [-0.05, 0) is 5.56 Å². The number of carboxylic acid groups (broad SMARTS) is 1. The predicted octanol–water partition coefficient (Wildman–Crippen LogP) is 0.412. The summed E-state index contributed by atoms with van der Waals surface area (Å²) in [5.41, 5.74) is -0.183. The summed E-state index contributed by atoms with van der Waals surface area (Å²) < 4.78 is 0.354. The normalized spacial score (nSPS) is 9.33. The van der Waals surface area contributed by atoms with Gasteiger partial charge in [0.2, 0.25) is 0 Å². The maximum atomic E-state index is 10.9. The summed E-state index contributed by atoms with van der Waals surface area (Å²) in [6.07, 6.45) is 1.28. The SMILES string of the molecule is C=Cc1cnn(C(=O)O)c(=O)c1. The van der Waals surface area contributed by atoms with Gasteiger partial charge in [0.15, 0.2) is 0 Å². The maximum Gasteiger partial charge on any atom is 0.435 e. The first-order chi connectivity index (χ1) is 5.65. The van der Waals surface area contributed by atoms with Crippen LogP contribution in [0.2, 0.25) is 0 Å². The zero-order valence-electron chi connectivity index (χ0n) is 6.10. The summed E-state index contributed by atoms with van der Waals surface area (Å²) in [5, 5.41) is 11.8. The molecule has 12 heavy (non-hydrogen) atoms. The summed E-state index contributed by atoms with van der Waals surface area (Å²) in [5.74, 6) is 0. The van der Waals surface area contributed by atoms with E-state index in [4.69, 9.17) is 5.11 Å². The zero-order chi connectivity index (χ0) is 9.14. The maximum absolute atomic E-state index is 10.9. The molecule has 0 radical (unpaired) electrons. The van der Waals surface area contributed by atoms with Crippen molar-refractivity contribution < 1.29 is 9.90 Å². The second-order valence-electron chi connectivity index (χ2n) is 2.03. The van der Waals surface area contributed by atoms with Gasteiger partial charge in [0.25, 0.3) is 5.56 Å². The zero-order valence-corrected chi connectivity index (χ0v) is 6.10. The van der Waals surface area contributed by atoms with Crippen LogP contribution in [-0.2, 0) is 0 Å². The van der Waals surface area contributed by atoms with Gasteiger partial charge in [-0.1, -0.05) is 12.7 Å². The summed E-state index contributed by atoms with van der Waals surface area (Å²) >= 11 is 0. The van der Waals surface area contributed by atoms with Crippen LogP contribution < -0.4 is 5.56 Å². The molecule has 1 aromatic heterocycles. The second kappa shape index (κ2) is 3.00. The molecule has 0 aliphatic carbocycles. The van der Waals surface area contributed by atoms with Gasteiger partial charge in [0.1, 0.15) is 0 Å². The van der Waals surface area contributed by atoms with Gasteiger partial charge in [0.05, 0.1) is 6.20 Å². The van der Waals surface area contributed by atoms with Crippen molar-refractivity contribution in [3.8, 4) is 0 Å². The van der Waals surface area contributed by atoms with Crippen LogP contribution in [0.4, 0.5) is 4.79 Å². The molecule has 62 valence electrons. The van der Waals surface area contributed by atoms with Gasteiger partial charge in [0, 0.05) is 6.07 Å². The monoisotopic (exact) mass is 166 g/mol. The Labute approximate surface area is 67.6 Å². The van der Waals surface area contributed by atoms with Crippen LogP contribution in [-0.4, -0.2) is 21.0 Å². The van der Waals surface area contributed by atoms with Crippen LogP contribution >= 0.6 is 0 Å². The lowest BCUT2D eigenvalue weighted by atomic mass is 10.3. The lowest BCUT2D eigenvalue weighted by Crippen LogP contribution is -2.27. The molecule has 1 rings (SSSR count). The van der Waals surface area contributed by atoms with Crippen molar-refractivity contribution in [3.05, 3.63) is 34.8 Å². The molecular formula is C7H6N2O3. The van der Waals surface area contributed by atoms with E-state index in [2.05, 4.69) is 11.7 Å². The second-order valence-corrected chi connectivity index (χ2v) is 2.03. The molecule has 1 aromatic rings. The number of aromatic nitrogens is 2. The number of hydrogen-bond donors (Lipinski definition) is 1. The Balaban J connectivity index is 3.30. The molecule has 0 saturated heterocycles. The van der Waals surface area contributed by atoms with E-state index in [1.54, 1.807) is 0 Å². The summed E-state index contributed by atoms with van der Waals surface area (Å²) in [6, 6.07) is 1.15. The van der Waals surface area contributed by atoms with E-state index in [1.807, 2.05) is 0 Å². The minimum Gasteiger partial charge on any atom is -0.463 e. The molecule has 5 heteroatoms. The molecule has 1 heterocycles. The minimum absolute atomic E-state index is 0.354. The van der Waals surface area contributed by atoms with Crippen molar-refractivity contribution in [2.45, 2.75) is 0 Å². The van der Waals surface area contributed by atoms with Crippen LogP contribution in [0.15, 0.2) is 23.6 Å². The van der Waals surface area contributed by atoms with Crippen LogP contribution in [0.3, 0.4) is 0 Å². The van der Waals surface area contributed by atoms with Gasteiger partial charge < -0.3 is 5.11 Å². The molecule has 0 amide bonds. The van der Waals surface area contributed by atoms with Crippen molar-refractivity contribution in [2.75, 3.05) is 0 Å². The van der Waals surface area contributed by atoms with E-state index in [0.717, 1.165) is 6.07 Å². The number of nitrogens with zero attached hydrogens (tertiary/aromatic N) is 2. The molecule has 0 aliphatic heterocycles. The van der Waals surface area contributed by atoms with Crippen LogP contribution in [0, 0.1) is 0 Å². The van der Waals surface area contributed by atoms with E-state index in [-0.39, 0.29) is 0 Å². The van der Waals surface area contributed by atoms with Crippen LogP contribution in [0.25, 0.3) is 6.08 Å². The molecule has 0 saturated carbocycles. The Morgan fingerprint density at radius 3 is 2.83 bits per heavy atom. The first kappa shape index (κ1) is 8.19. The quantitative estimate of drug-likeness (QED) is 0.655. The Hall–Kier alpha value is -1.91. The minimum atomic E-state index is -1.39. The fourth-order valence-corrected chi connectivity index (χ4v) is 0.678. The topological polar surface area (TPSA) is 72.2 Å². The Bertz CT molecular complexity index is 380. The third-order valence-corrected chi connectivity index (χ3v) is 1.24. The third-order valence-electron chi connectivity index (χ3n) is 1.24. The Morgan fingerprint density at radius 1 is 1.75 bits per heavy atom. The Kier molecular flexibility index (Phi) is 2.05. The molecule has 0 spiro atoms. The fraction of sp³-hybridized carbons (Fsp3) is 0. The average Bonchev–Trinajstić information content (AvgIpc) is 2.03. The molecule has 1 N–H and O–H groups in total. The van der Waals surface area contributed by atoms with Gasteiger partial charge in [-0.2, -0.15) is 5.10 Å². The van der Waals surface area contributed by atoms with E-state index in [0.29, 0.717) is 10.2 Å². The van der Waals surface area contributed by atoms with Crippen molar-refractivity contribution in [1.82, 2.24) is 9.78 Å². The van der Waals surface area contributed by atoms with Gasteiger partial charge in [-0.3, -0.25) is 4.79 Å². The summed E-state index contributed by atoms with van der Waals surface area (Å²) in [7, 11) is 0. The summed E-state index contributed by atoms with van der Waals surface area (Å²) in [4.78, 5) is 21.2. The molecule has 0 atom stereocenters. The van der Waals surface area contributed by atoms with E-state index in [9.17, 15) is 9.59 Å². The highest BCUT2D eigenvalue weighted by molar-refractivity contribution is 5.66. The van der Waals surface area contributed by atoms with E-state index in [1.165, 1.54) is 12.3 Å². The molecule has 0 fully saturated rings. The lowest BCUT2D eigenvalue weighted by molar-refractivity contribution is 0.191. The molecular weight excluding hydrogens is 160 g/mol. The lowest BCUT2D eigenvalue weighted by Gasteiger charge is -1.95. The average molecular weight is 166 g/mol. The molecule has 0 aromatic carbocycles. The first-order valence-electron chi connectivity index (χ1n) is 3.10. The Morgan fingerprint density at radius 2 is 2.42 bits per heavy atom. The van der Waals surface area contributed by atoms with Crippen molar-refractivity contribution in [3.63, 3.8) is 0 Å². The highest BCUT2D eigenvalue weighted by Gasteiger charge is 2.03. The highest BCUT2D eigenvalue weighted by atomic mass is 16.4. The number of rotatable bonds is 1. The van der Waals surface area contributed by atoms with Gasteiger partial charge in [-0.15, -0.1) is 4.68 Å². The first-order valence-corrected chi connectivity index (χ1v) is 3.10. The van der Waals surface area contributed by atoms with Crippen LogP contribution in [0.5, 0.6) is 0 Å². The number of carbonyl (C=O) groups is 1. The van der Waals surface area contributed by atoms with Crippen molar-refractivity contribution in [2.24, 2.45) is 0 Å². The molecule has 0 bridgehead atoms. The largest absolute Gasteiger partial charge is 0.463 e. The number of hydrogen-bond acceptors (Lipinski definition) is 3.